The summed E-state index contributed by atoms with van der Waals surface area (Å²) in [6, 6.07) is 12.4. The minimum absolute atomic E-state index is 0.185. The number of nitrogens with zero attached hydrogens (tertiary/aromatic N) is 2. The molecule has 0 bridgehead atoms. The quantitative estimate of drug-likeness (QED) is 0.331. The average molecular weight is 439 g/mol. The predicted octanol–water partition coefficient (Wildman–Crippen LogP) is 4.91. The van der Waals surface area contributed by atoms with Crippen molar-refractivity contribution in [3.8, 4) is 11.3 Å². The van der Waals surface area contributed by atoms with Crippen molar-refractivity contribution in [2.24, 2.45) is 0 Å². The number of benzene rings is 2. The Kier molecular flexibility index (Phi) is 5.83. The van der Waals surface area contributed by atoms with Crippen LogP contribution in [0, 0.1) is 6.92 Å². The molecule has 2 heterocycles. The van der Waals surface area contributed by atoms with E-state index in [1.165, 1.54) is 6.08 Å². The van der Waals surface area contributed by atoms with E-state index in [-0.39, 0.29) is 19.0 Å². The van der Waals surface area contributed by atoms with Crippen LogP contribution in [-0.4, -0.2) is 25.4 Å². The fourth-order valence-electron chi connectivity index (χ4n) is 3.28. The number of rotatable bonds is 6. The average Bonchev–Trinajstić information content (AvgIpc) is 3.28. The molecule has 2 N–H and O–H groups in total. The van der Waals surface area contributed by atoms with E-state index in [2.05, 4.69) is 0 Å². The highest BCUT2D eigenvalue weighted by Gasteiger charge is 2.15. The Morgan fingerprint density at radius 3 is 2.57 bits per heavy atom. The number of halogens is 1. The summed E-state index contributed by atoms with van der Waals surface area (Å²) in [5.41, 5.74) is 4.08. The number of allylic oxidation sites excluding steroid dienone is 1. The normalized spacial score (nSPS) is 11.6. The molecule has 0 saturated heterocycles. The molecule has 30 heavy (non-hydrogen) atoms. The third-order valence-electron chi connectivity index (χ3n) is 4.82. The molecule has 0 aliphatic rings. The van der Waals surface area contributed by atoms with Crippen LogP contribution in [0.3, 0.4) is 0 Å². The third-order valence-corrected chi connectivity index (χ3v) is 5.97. The van der Waals surface area contributed by atoms with Crippen LogP contribution in [0.2, 0.25) is 5.02 Å². The molecule has 4 aromatic rings. The summed E-state index contributed by atoms with van der Waals surface area (Å²) in [4.78, 5) is 19.5. The minimum Gasteiger partial charge on any atom is -0.392 e. The van der Waals surface area contributed by atoms with Gasteiger partial charge in [-0.3, -0.25) is 9.20 Å². The summed E-state index contributed by atoms with van der Waals surface area (Å²) in [5, 5.41) is 19.5. The van der Waals surface area contributed by atoms with Gasteiger partial charge in [-0.25, -0.2) is 4.98 Å². The van der Waals surface area contributed by atoms with Gasteiger partial charge >= 0.3 is 0 Å². The Morgan fingerprint density at radius 1 is 1.13 bits per heavy atom. The van der Waals surface area contributed by atoms with Crippen molar-refractivity contribution in [2.45, 2.75) is 20.1 Å². The van der Waals surface area contributed by atoms with E-state index in [0.29, 0.717) is 21.7 Å². The SMILES string of the molecule is Cc1cn2c(/C=C/C(=O)c3ccc(CO)c(CO)c3)c(-c3ccc(Cl)cc3)nc2s1. The monoisotopic (exact) mass is 438 g/mol. The standard InChI is InChI=1S/C23H19ClN2O3S/c1-14-11-26-20(22(25-23(26)30-14)15-4-6-19(24)7-5-15)8-9-21(29)16-2-3-17(12-27)18(10-16)13-28/h2-11,27-28H,12-13H2,1H3/b9-8+. The lowest BCUT2D eigenvalue weighted by molar-refractivity contribution is 0.104. The van der Waals surface area contributed by atoms with E-state index in [0.717, 1.165) is 26.8 Å². The van der Waals surface area contributed by atoms with E-state index >= 15 is 0 Å². The maximum absolute atomic E-state index is 12.8. The number of aliphatic hydroxyl groups is 2. The number of hydrogen-bond acceptors (Lipinski definition) is 5. The van der Waals surface area contributed by atoms with Crippen molar-refractivity contribution < 1.29 is 15.0 Å². The molecule has 0 amide bonds. The van der Waals surface area contributed by atoms with Gasteiger partial charge < -0.3 is 10.2 Å². The second-order valence-corrected chi connectivity index (χ2v) is 8.49. The van der Waals surface area contributed by atoms with Gasteiger partial charge in [0, 0.05) is 27.2 Å². The van der Waals surface area contributed by atoms with Gasteiger partial charge in [0.2, 0.25) is 0 Å². The summed E-state index contributed by atoms with van der Waals surface area (Å²) in [6.07, 6.45) is 5.26. The van der Waals surface area contributed by atoms with Crippen LogP contribution in [0.4, 0.5) is 0 Å². The molecule has 0 saturated carbocycles. The second kappa shape index (κ2) is 8.53. The van der Waals surface area contributed by atoms with Crippen LogP contribution >= 0.6 is 22.9 Å². The van der Waals surface area contributed by atoms with Gasteiger partial charge in [0.1, 0.15) is 0 Å². The van der Waals surface area contributed by atoms with Crippen LogP contribution < -0.4 is 0 Å². The molecule has 0 aliphatic heterocycles. The lowest BCUT2D eigenvalue weighted by atomic mass is 10.0. The first-order chi connectivity index (χ1) is 14.5. The Balaban J connectivity index is 1.73. The topological polar surface area (TPSA) is 74.8 Å². The Labute approximate surface area is 182 Å². The molecule has 0 aliphatic carbocycles. The minimum atomic E-state index is -0.237. The lowest BCUT2D eigenvalue weighted by Gasteiger charge is -2.06. The molecule has 2 aromatic carbocycles. The maximum atomic E-state index is 12.8. The smallest absolute Gasteiger partial charge is 0.194 e. The number of fused-ring (bicyclic) bond motifs is 1. The predicted molar refractivity (Wildman–Crippen MR) is 120 cm³/mol. The van der Waals surface area contributed by atoms with Crippen molar-refractivity contribution >= 4 is 39.8 Å². The van der Waals surface area contributed by atoms with Gasteiger partial charge in [-0.2, -0.15) is 0 Å². The molecule has 5 nitrogen and oxygen atoms in total. The van der Waals surface area contributed by atoms with E-state index in [1.807, 2.05) is 41.8 Å². The highest BCUT2D eigenvalue weighted by atomic mass is 35.5. The summed E-state index contributed by atoms with van der Waals surface area (Å²) in [6.45, 7) is 1.59. The molecule has 0 unspecified atom stereocenters. The largest absolute Gasteiger partial charge is 0.392 e. The van der Waals surface area contributed by atoms with Gasteiger partial charge in [-0.05, 0) is 48.4 Å². The number of aliphatic hydroxyl groups excluding tert-OH is 2. The number of carbonyl (C=O) groups is 1. The number of aryl methyl sites for hydroxylation is 1. The zero-order valence-corrected chi connectivity index (χ0v) is 17.7. The number of aromatic nitrogens is 2. The Morgan fingerprint density at radius 2 is 1.87 bits per heavy atom. The van der Waals surface area contributed by atoms with Gasteiger partial charge in [-0.15, -0.1) is 11.3 Å². The van der Waals surface area contributed by atoms with Crippen LogP contribution in [0.5, 0.6) is 0 Å². The van der Waals surface area contributed by atoms with Crippen LogP contribution in [-0.2, 0) is 13.2 Å². The molecule has 0 atom stereocenters. The fraction of sp³-hybridized carbons (Fsp3) is 0.130. The van der Waals surface area contributed by atoms with Crippen molar-refractivity contribution in [3.63, 3.8) is 0 Å². The number of hydrogen-bond donors (Lipinski definition) is 2. The highest BCUT2D eigenvalue weighted by molar-refractivity contribution is 7.17. The summed E-state index contributed by atoms with van der Waals surface area (Å²) < 4.78 is 1.97. The number of carbonyl (C=O) groups excluding carboxylic acids is 1. The zero-order valence-electron chi connectivity index (χ0n) is 16.2. The number of thiazole rings is 1. The van der Waals surface area contributed by atoms with Gasteiger partial charge in [0.25, 0.3) is 0 Å². The first-order valence-electron chi connectivity index (χ1n) is 9.30. The van der Waals surface area contributed by atoms with E-state index in [1.54, 1.807) is 35.6 Å². The van der Waals surface area contributed by atoms with Crippen LogP contribution in [0.25, 0.3) is 22.3 Å². The van der Waals surface area contributed by atoms with Crippen LogP contribution in [0.1, 0.15) is 32.1 Å². The van der Waals surface area contributed by atoms with Crippen LogP contribution in [0.15, 0.2) is 54.7 Å². The van der Waals surface area contributed by atoms with Crippen molar-refractivity contribution in [1.29, 1.82) is 0 Å². The number of imidazole rings is 1. The molecule has 7 heteroatoms. The molecular formula is C23H19ClN2O3S. The zero-order chi connectivity index (χ0) is 21.3. The third kappa shape index (κ3) is 3.95. The molecule has 0 fully saturated rings. The first-order valence-corrected chi connectivity index (χ1v) is 10.5. The van der Waals surface area contributed by atoms with Gasteiger partial charge in [0.05, 0.1) is 24.6 Å². The highest BCUT2D eigenvalue weighted by Crippen LogP contribution is 2.30. The summed E-state index contributed by atoms with van der Waals surface area (Å²) >= 11 is 7.60. The molecule has 0 radical (unpaired) electrons. The van der Waals surface area contributed by atoms with Gasteiger partial charge in [0.15, 0.2) is 10.7 Å². The number of ketones is 1. The maximum Gasteiger partial charge on any atom is 0.194 e. The molecule has 152 valence electrons. The fourth-order valence-corrected chi connectivity index (χ4v) is 4.24. The molecule has 2 aromatic heterocycles. The van der Waals surface area contributed by atoms with E-state index in [9.17, 15) is 15.0 Å². The Hall–Kier alpha value is -2.77. The molecular weight excluding hydrogens is 420 g/mol. The summed E-state index contributed by atoms with van der Waals surface area (Å²) in [5.74, 6) is -0.196. The molecule has 4 rings (SSSR count). The summed E-state index contributed by atoms with van der Waals surface area (Å²) in [7, 11) is 0. The molecule has 0 spiro atoms. The van der Waals surface area contributed by atoms with E-state index < -0.39 is 0 Å². The van der Waals surface area contributed by atoms with Crippen molar-refractivity contribution in [2.75, 3.05) is 0 Å². The van der Waals surface area contributed by atoms with E-state index in [4.69, 9.17) is 16.6 Å². The lowest BCUT2D eigenvalue weighted by Crippen LogP contribution is -2.00. The first kappa shape index (κ1) is 20.5. The van der Waals surface area contributed by atoms with Crippen molar-refractivity contribution in [1.82, 2.24) is 9.38 Å². The van der Waals surface area contributed by atoms with Gasteiger partial charge in [-0.1, -0.05) is 35.9 Å². The second-order valence-electron chi connectivity index (χ2n) is 6.84. The van der Waals surface area contributed by atoms with Crippen molar-refractivity contribution in [3.05, 3.63) is 87.0 Å². The Bertz CT molecular complexity index is 1260.